The number of amides is 1. The second kappa shape index (κ2) is 5.30. The second-order valence-corrected chi connectivity index (χ2v) is 8.81. The Bertz CT molecular complexity index is 828. The number of fused-ring (bicyclic) bond motifs is 2. The molecule has 0 aromatic carbocycles. The lowest BCUT2D eigenvalue weighted by molar-refractivity contribution is -0.0194. The summed E-state index contributed by atoms with van der Waals surface area (Å²) in [7, 11) is -3.36. The lowest BCUT2D eigenvalue weighted by Gasteiger charge is -2.47. The van der Waals surface area contributed by atoms with Crippen molar-refractivity contribution in [1.29, 1.82) is 0 Å². The van der Waals surface area contributed by atoms with Crippen LogP contribution in [0.3, 0.4) is 0 Å². The topological polar surface area (TPSA) is 100 Å². The Morgan fingerprint density at radius 3 is 3.00 bits per heavy atom. The average molecular weight is 355 g/mol. The minimum absolute atomic E-state index is 0.151. The quantitative estimate of drug-likeness (QED) is 0.750. The Morgan fingerprint density at radius 1 is 1.43 bits per heavy atom. The first-order valence-electron chi connectivity index (χ1n) is 7.38. The molecule has 4 rings (SSSR count). The minimum atomic E-state index is -3.36. The van der Waals surface area contributed by atoms with Crippen molar-refractivity contribution >= 4 is 37.5 Å². The van der Waals surface area contributed by atoms with E-state index in [2.05, 4.69) is 15.0 Å². The summed E-state index contributed by atoms with van der Waals surface area (Å²) in [6.07, 6.45) is 1.80. The van der Waals surface area contributed by atoms with E-state index in [-0.39, 0.29) is 24.0 Å². The number of aromatic nitrogens is 1. The van der Waals surface area contributed by atoms with E-state index in [1.165, 1.54) is 0 Å². The molecule has 0 bridgehead atoms. The zero-order chi connectivity index (χ0) is 16.2. The van der Waals surface area contributed by atoms with Crippen molar-refractivity contribution in [1.82, 2.24) is 15.0 Å². The molecule has 0 spiro atoms. The van der Waals surface area contributed by atoms with Crippen molar-refractivity contribution in [2.45, 2.75) is 24.6 Å². The molecule has 1 saturated heterocycles. The van der Waals surface area contributed by atoms with Crippen molar-refractivity contribution in [3.8, 4) is 0 Å². The van der Waals surface area contributed by atoms with Gasteiger partial charge in [0.15, 0.2) is 0 Å². The fourth-order valence-electron chi connectivity index (χ4n) is 3.49. The number of sulfonamides is 1. The number of carbonyl (C=O) groups excluding carboxylic acids is 1. The van der Waals surface area contributed by atoms with E-state index in [1.807, 2.05) is 17.5 Å². The number of hydrogen-bond donors (Lipinski definition) is 3. The molecule has 3 heterocycles. The molecule has 4 atom stereocenters. The second-order valence-electron chi connectivity index (χ2n) is 6.08. The summed E-state index contributed by atoms with van der Waals surface area (Å²) in [5, 5.41) is 4.91. The molecule has 2 aromatic heterocycles. The van der Waals surface area contributed by atoms with Gasteiger partial charge in [0.25, 0.3) is 5.91 Å². The summed E-state index contributed by atoms with van der Waals surface area (Å²) < 4.78 is 32.2. The molecular formula is C14H17N3O4S2. The van der Waals surface area contributed by atoms with E-state index in [1.54, 1.807) is 11.3 Å². The van der Waals surface area contributed by atoms with Crippen LogP contribution in [0.25, 0.3) is 10.2 Å². The summed E-state index contributed by atoms with van der Waals surface area (Å²) in [5.74, 6) is -0.0571. The number of H-pyrrole nitrogens is 1. The first kappa shape index (κ1) is 15.1. The first-order chi connectivity index (χ1) is 10.9. The van der Waals surface area contributed by atoms with Crippen LogP contribution in [0.5, 0.6) is 0 Å². The molecule has 0 radical (unpaired) electrons. The highest BCUT2D eigenvalue weighted by molar-refractivity contribution is 7.88. The van der Waals surface area contributed by atoms with E-state index >= 15 is 0 Å². The Labute approximate surface area is 137 Å². The van der Waals surface area contributed by atoms with Gasteiger partial charge < -0.3 is 15.0 Å². The van der Waals surface area contributed by atoms with Crippen molar-refractivity contribution in [2.24, 2.45) is 5.92 Å². The summed E-state index contributed by atoms with van der Waals surface area (Å²) in [6.45, 7) is 0.599. The number of ether oxygens (including phenoxy) is 1. The third-order valence-corrected chi connectivity index (χ3v) is 6.08. The van der Waals surface area contributed by atoms with Gasteiger partial charge in [-0.15, -0.1) is 11.3 Å². The van der Waals surface area contributed by atoms with Crippen molar-refractivity contribution < 1.29 is 17.9 Å². The predicted octanol–water partition coefficient (Wildman–Crippen LogP) is 0.664. The Kier molecular flexibility index (Phi) is 3.49. The van der Waals surface area contributed by atoms with Gasteiger partial charge in [-0.3, -0.25) is 4.79 Å². The average Bonchev–Trinajstić information content (AvgIpc) is 3.14. The summed E-state index contributed by atoms with van der Waals surface area (Å²) in [6, 6.07) is 3.09. The fraction of sp³-hybridized carbons (Fsp3) is 0.500. The van der Waals surface area contributed by atoms with Gasteiger partial charge in [-0.25, -0.2) is 13.1 Å². The molecule has 3 N–H and O–H groups in total. The van der Waals surface area contributed by atoms with Gasteiger partial charge in [0.05, 0.1) is 34.7 Å². The maximum atomic E-state index is 12.5. The Morgan fingerprint density at radius 2 is 2.26 bits per heavy atom. The number of nitrogens with one attached hydrogen (secondary N) is 3. The van der Waals surface area contributed by atoms with Crippen LogP contribution < -0.4 is 10.0 Å². The lowest BCUT2D eigenvalue weighted by Crippen LogP contribution is -2.70. The third-order valence-electron chi connectivity index (χ3n) is 4.52. The van der Waals surface area contributed by atoms with Crippen LogP contribution >= 0.6 is 11.3 Å². The Hall–Kier alpha value is -1.42. The van der Waals surface area contributed by atoms with Gasteiger partial charge in [-0.2, -0.15) is 0 Å². The molecule has 1 aliphatic heterocycles. The molecule has 9 heteroatoms. The first-order valence-corrected chi connectivity index (χ1v) is 10.2. The third kappa shape index (κ3) is 2.67. The molecule has 2 aliphatic rings. The minimum Gasteiger partial charge on any atom is -0.376 e. The highest BCUT2D eigenvalue weighted by atomic mass is 32.2. The van der Waals surface area contributed by atoms with Gasteiger partial charge in [-0.05, 0) is 23.9 Å². The van der Waals surface area contributed by atoms with Crippen LogP contribution in [-0.2, 0) is 14.8 Å². The van der Waals surface area contributed by atoms with Gasteiger partial charge in [0, 0.05) is 12.5 Å². The van der Waals surface area contributed by atoms with E-state index in [0.717, 1.165) is 22.9 Å². The number of carbonyl (C=O) groups is 1. The number of aromatic amines is 1. The van der Waals surface area contributed by atoms with Crippen molar-refractivity contribution in [2.75, 3.05) is 12.9 Å². The smallest absolute Gasteiger partial charge is 0.268 e. The highest BCUT2D eigenvalue weighted by Gasteiger charge is 2.55. The standard InChI is InChI=1S/C14H17N3O4S2/c1-23(19,20)17-12-11(7-2-4-21-13(7)12)16-14(18)9-6-10-8(15-9)3-5-22-10/h3,5-7,11-13,15,17H,2,4H2,1H3,(H,16,18)/t7-,11+,12-,13-/m1/s1. The van der Waals surface area contributed by atoms with E-state index in [4.69, 9.17) is 4.74 Å². The summed E-state index contributed by atoms with van der Waals surface area (Å²) in [4.78, 5) is 15.5. The molecule has 0 unspecified atom stereocenters. The molecule has 2 fully saturated rings. The van der Waals surface area contributed by atoms with Crippen LogP contribution in [0.1, 0.15) is 16.9 Å². The number of rotatable bonds is 4. The van der Waals surface area contributed by atoms with Gasteiger partial charge >= 0.3 is 0 Å². The maximum absolute atomic E-state index is 12.5. The molecule has 1 saturated carbocycles. The largest absolute Gasteiger partial charge is 0.376 e. The van der Waals surface area contributed by atoms with Crippen LogP contribution in [0.4, 0.5) is 0 Å². The highest BCUT2D eigenvalue weighted by Crippen LogP contribution is 2.39. The molecule has 1 aliphatic carbocycles. The van der Waals surface area contributed by atoms with Crippen LogP contribution in [0.2, 0.25) is 0 Å². The van der Waals surface area contributed by atoms with Crippen molar-refractivity contribution in [3.05, 3.63) is 23.2 Å². The number of thiophene rings is 1. The summed E-state index contributed by atoms with van der Waals surface area (Å²) >= 11 is 1.57. The van der Waals surface area contributed by atoms with Crippen LogP contribution in [-0.4, -0.2) is 50.4 Å². The predicted molar refractivity (Wildman–Crippen MR) is 87.0 cm³/mol. The monoisotopic (exact) mass is 355 g/mol. The SMILES string of the molecule is CS(=O)(=O)N[C@@H]1[C@@H](NC(=O)c2cc3sccc3[nH]2)[C@H]2CCO[C@H]21. The molecular weight excluding hydrogens is 338 g/mol. The van der Waals surface area contributed by atoms with E-state index in [9.17, 15) is 13.2 Å². The fourth-order valence-corrected chi connectivity index (χ4v) is 5.05. The molecule has 1 amide bonds. The number of hydrogen-bond acceptors (Lipinski definition) is 5. The van der Waals surface area contributed by atoms with Gasteiger partial charge in [0.1, 0.15) is 5.69 Å². The van der Waals surface area contributed by atoms with E-state index in [0.29, 0.717) is 12.3 Å². The summed E-state index contributed by atoms with van der Waals surface area (Å²) in [5.41, 5.74) is 1.42. The molecule has 23 heavy (non-hydrogen) atoms. The maximum Gasteiger partial charge on any atom is 0.268 e. The van der Waals surface area contributed by atoms with Gasteiger partial charge in [0.2, 0.25) is 10.0 Å². The molecule has 124 valence electrons. The van der Waals surface area contributed by atoms with Gasteiger partial charge in [-0.1, -0.05) is 0 Å². The Balaban J connectivity index is 1.51. The normalized spacial score (nSPS) is 30.1. The lowest BCUT2D eigenvalue weighted by atomic mass is 9.72. The van der Waals surface area contributed by atoms with Crippen LogP contribution in [0, 0.1) is 5.92 Å². The molecule has 7 nitrogen and oxygen atoms in total. The zero-order valence-corrected chi connectivity index (χ0v) is 14.0. The molecule has 2 aromatic rings. The van der Waals surface area contributed by atoms with E-state index < -0.39 is 16.1 Å². The zero-order valence-electron chi connectivity index (χ0n) is 12.4. The van der Waals surface area contributed by atoms with Crippen molar-refractivity contribution in [3.63, 3.8) is 0 Å². The van der Waals surface area contributed by atoms with Crippen LogP contribution in [0.15, 0.2) is 17.5 Å².